The van der Waals surface area contributed by atoms with Crippen LogP contribution in [0, 0.1) is 5.41 Å². The Bertz CT molecular complexity index is 129. The van der Waals surface area contributed by atoms with Gasteiger partial charge in [0.05, 0.1) is 0 Å². The van der Waals surface area contributed by atoms with Crippen molar-refractivity contribution in [2.75, 3.05) is 19.8 Å². The highest BCUT2D eigenvalue weighted by atomic mass is 19.3. The van der Waals surface area contributed by atoms with Crippen LogP contribution >= 0.6 is 0 Å². The summed E-state index contributed by atoms with van der Waals surface area (Å²) in [6.45, 7) is 4.67. The lowest BCUT2D eigenvalue weighted by molar-refractivity contribution is 0.0143. The second kappa shape index (κ2) is 6.27. The molecule has 0 bridgehead atoms. The molecule has 0 aliphatic heterocycles. The van der Waals surface area contributed by atoms with Crippen LogP contribution in [0.3, 0.4) is 0 Å². The Hall–Kier alpha value is -0.220. The van der Waals surface area contributed by atoms with Crippen LogP contribution in [-0.4, -0.2) is 26.2 Å². The fraction of sp³-hybridized carbons (Fsp3) is 1.00. The largest absolute Gasteiger partial charge is 0.376 e. The van der Waals surface area contributed by atoms with Gasteiger partial charge in [-0.1, -0.05) is 13.8 Å². The summed E-state index contributed by atoms with van der Waals surface area (Å²) in [6, 6.07) is 0. The van der Waals surface area contributed by atoms with Crippen LogP contribution in [0.5, 0.6) is 0 Å². The maximum Gasteiger partial charge on any atom is 0.261 e. The Balaban J connectivity index is 3.26. The van der Waals surface area contributed by atoms with E-state index in [4.69, 9.17) is 10.5 Å². The quantitative estimate of drug-likeness (QED) is 0.631. The third-order valence-corrected chi connectivity index (χ3v) is 1.94. The highest BCUT2D eigenvalue weighted by Gasteiger charge is 2.14. The van der Waals surface area contributed by atoms with Gasteiger partial charge < -0.3 is 10.5 Å². The van der Waals surface area contributed by atoms with Crippen LogP contribution in [0.4, 0.5) is 8.78 Å². The van der Waals surface area contributed by atoms with E-state index < -0.39 is 13.0 Å². The highest BCUT2D eigenvalue weighted by molar-refractivity contribution is 4.68. The number of nitrogens with two attached hydrogens (primary N) is 1. The molecule has 0 aromatic carbocycles. The lowest BCUT2D eigenvalue weighted by Crippen LogP contribution is -2.23. The third-order valence-electron chi connectivity index (χ3n) is 1.94. The van der Waals surface area contributed by atoms with Crippen LogP contribution in [0.25, 0.3) is 0 Å². The molecule has 13 heavy (non-hydrogen) atoms. The molecule has 80 valence electrons. The normalized spacial score (nSPS) is 12.5. The lowest BCUT2D eigenvalue weighted by Gasteiger charge is -2.21. The van der Waals surface area contributed by atoms with Crippen molar-refractivity contribution in [1.29, 1.82) is 0 Å². The standard InChI is InChI=1S/C9H19F2NO/c1-9(2,7-12)4-3-5-13-6-8(10)11/h8H,3-7,12H2,1-2H3. The monoisotopic (exact) mass is 195 g/mol. The van der Waals surface area contributed by atoms with E-state index in [9.17, 15) is 8.78 Å². The Labute approximate surface area is 78.4 Å². The zero-order valence-electron chi connectivity index (χ0n) is 8.35. The molecule has 0 fully saturated rings. The van der Waals surface area contributed by atoms with Crippen molar-refractivity contribution in [1.82, 2.24) is 0 Å². The van der Waals surface area contributed by atoms with Gasteiger partial charge in [0.25, 0.3) is 6.43 Å². The smallest absolute Gasteiger partial charge is 0.261 e. The second-order valence-electron chi connectivity index (χ2n) is 3.94. The first-order valence-electron chi connectivity index (χ1n) is 4.54. The molecule has 0 heterocycles. The second-order valence-corrected chi connectivity index (χ2v) is 3.94. The van der Waals surface area contributed by atoms with Crippen molar-refractivity contribution in [2.24, 2.45) is 11.1 Å². The molecule has 0 aromatic heterocycles. The number of hydrogen-bond donors (Lipinski definition) is 1. The predicted octanol–water partition coefficient (Wildman–Crippen LogP) is 2.03. The maximum atomic E-state index is 11.6. The summed E-state index contributed by atoms with van der Waals surface area (Å²) in [7, 11) is 0. The zero-order chi connectivity index (χ0) is 10.3. The van der Waals surface area contributed by atoms with Gasteiger partial charge in [-0.2, -0.15) is 0 Å². The molecule has 0 unspecified atom stereocenters. The molecule has 2 nitrogen and oxygen atoms in total. The Morgan fingerprint density at radius 2 is 2.00 bits per heavy atom. The van der Waals surface area contributed by atoms with Gasteiger partial charge in [0.2, 0.25) is 0 Å². The summed E-state index contributed by atoms with van der Waals surface area (Å²) >= 11 is 0. The van der Waals surface area contributed by atoms with Crippen molar-refractivity contribution < 1.29 is 13.5 Å². The van der Waals surface area contributed by atoms with Crippen LogP contribution in [0.1, 0.15) is 26.7 Å². The molecular weight excluding hydrogens is 176 g/mol. The van der Waals surface area contributed by atoms with Gasteiger partial charge in [0, 0.05) is 6.61 Å². The molecule has 0 atom stereocenters. The van der Waals surface area contributed by atoms with Crippen molar-refractivity contribution in [3.63, 3.8) is 0 Å². The van der Waals surface area contributed by atoms with E-state index in [1.165, 1.54) is 0 Å². The topological polar surface area (TPSA) is 35.2 Å². The molecule has 0 saturated carbocycles. The average Bonchev–Trinajstić information content (AvgIpc) is 2.03. The lowest BCUT2D eigenvalue weighted by atomic mass is 9.88. The minimum absolute atomic E-state index is 0.0915. The van der Waals surface area contributed by atoms with Crippen molar-refractivity contribution >= 4 is 0 Å². The molecule has 0 saturated heterocycles. The average molecular weight is 195 g/mol. The number of rotatable bonds is 7. The Morgan fingerprint density at radius 3 is 2.46 bits per heavy atom. The fourth-order valence-electron chi connectivity index (χ4n) is 0.927. The molecule has 0 aliphatic carbocycles. The van der Waals surface area contributed by atoms with Crippen molar-refractivity contribution in [2.45, 2.75) is 33.1 Å². The molecule has 0 aromatic rings. The van der Waals surface area contributed by atoms with Gasteiger partial charge in [-0.3, -0.25) is 0 Å². The van der Waals surface area contributed by atoms with E-state index >= 15 is 0 Å². The molecule has 0 amide bonds. The first-order valence-corrected chi connectivity index (χ1v) is 4.54. The van der Waals surface area contributed by atoms with Gasteiger partial charge in [0.15, 0.2) is 0 Å². The highest BCUT2D eigenvalue weighted by Crippen LogP contribution is 2.19. The molecular formula is C9H19F2NO. The minimum Gasteiger partial charge on any atom is -0.376 e. The summed E-state index contributed by atoms with van der Waals surface area (Å²) in [6.07, 6.45) is -0.661. The zero-order valence-corrected chi connectivity index (χ0v) is 8.35. The van der Waals surface area contributed by atoms with E-state index in [1.807, 2.05) is 0 Å². The van der Waals surface area contributed by atoms with E-state index in [1.54, 1.807) is 0 Å². The summed E-state index contributed by atoms with van der Waals surface area (Å²) in [4.78, 5) is 0. The van der Waals surface area contributed by atoms with E-state index in [-0.39, 0.29) is 5.41 Å². The van der Waals surface area contributed by atoms with Gasteiger partial charge in [-0.05, 0) is 24.8 Å². The molecule has 0 spiro atoms. The Kier molecular flexibility index (Phi) is 6.16. The number of ether oxygens (including phenoxy) is 1. The van der Waals surface area contributed by atoms with Gasteiger partial charge in [0.1, 0.15) is 6.61 Å². The molecule has 0 rings (SSSR count). The van der Waals surface area contributed by atoms with Crippen LogP contribution < -0.4 is 5.73 Å². The Morgan fingerprint density at radius 1 is 1.38 bits per heavy atom. The van der Waals surface area contributed by atoms with Gasteiger partial charge in [-0.15, -0.1) is 0 Å². The van der Waals surface area contributed by atoms with Crippen LogP contribution in [-0.2, 0) is 4.74 Å². The van der Waals surface area contributed by atoms with E-state index in [0.717, 1.165) is 12.8 Å². The first kappa shape index (κ1) is 12.8. The molecule has 4 heteroatoms. The minimum atomic E-state index is -2.36. The molecule has 0 aliphatic rings. The summed E-state index contributed by atoms with van der Waals surface area (Å²) in [5, 5.41) is 0. The third kappa shape index (κ3) is 8.12. The summed E-state index contributed by atoms with van der Waals surface area (Å²) in [5.41, 5.74) is 5.60. The number of alkyl halides is 2. The van der Waals surface area contributed by atoms with E-state index in [2.05, 4.69) is 13.8 Å². The van der Waals surface area contributed by atoms with Gasteiger partial charge in [-0.25, -0.2) is 8.78 Å². The molecule has 0 radical (unpaired) electrons. The maximum absolute atomic E-state index is 11.6. The molecule has 2 N–H and O–H groups in total. The SMILES string of the molecule is CC(C)(CN)CCCOCC(F)F. The van der Waals surface area contributed by atoms with Crippen molar-refractivity contribution in [3.05, 3.63) is 0 Å². The number of hydrogen-bond acceptors (Lipinski definition) is 2. The van der Waals surface area contributed by atoms with E-state index in [0.29, 0.717) is 13.2 Å². The fourth-order valence-corrected chi connectivity index (χ4v) is 0.927. The van der Waals surface area contributed by atoms with Crippen molar-refractivity contribution in [3.8, 4) is 0 Å². The summed E-state index contributed by atoms with van der Waals surface area (Å²) in [5.74, 6) is 0. The number of halogens is 2. The van der Waals surface area contributed by atoms with Crippen LogP contribution in [0.2, 0.25) is 0 Å². The first-order chi connectivity index (χ1) is 5.98. The van der Waals surface area contributed by atoms with Gasteiger partial charge >= 0.3 is 0 Å². The summed E-state index contributed by atoms with van der Waals surface area (Å²) < 4.78 is 28.0. The van der Waals surface area contributed by atoms with Crippen LogP contribution in [0.15, 0.2) is 0 Å². The predicted molar refractivity (Wildman–Crippen MR) is 48.9 cm³/mol.